The number of carbonyl (C=O) groups is 1. The molecule has 0 aliphatic rings. The minimum Gasteiger partial charge on any atom is -0.493 e. The number of amides is 1. The van der Waals surface area contributed by atoms with Crippen LogP contribution >= 0.6 is 11.8 Å². The van der Waals surface area contributed by atoms with Crippen molar-refractivity contribution in [1.82, 2.24) is 0 Å². The maximum Gasteiger partial charge on any atom is 0.234 e. The predicted molar refractivity (Wildman–Crippen MR) is 90.0 cm³/mol. The van der Waals surface area contributed by atoms with Gasteiger partial charge >= 0.3 is 0 Å². The lowest BCUT2D eigenvalue weighted by molar-refractivity contribution is -0.113. The van der Waals surface area contributed by atoms with Crippen LogP contribution < -0.4 is 14.8 Å². The molecule has 2 aromatic carbocycles. The molecule has 7 heteroatoms. The molecule has 0 bridgehead atoms. The SMILES string of the molecule is COc1cc(C)c(NC(=O)CSc2ccc(F)c(F)c2)cc1OC. The minimum atomic E-state index is -0.934. The Bertz CT molecular complexity index is 753. The molecule has 0 aliphatic heterocycles. The van der Waals surface area contributed by atoms with Crippen molar-refractivity contribution in [2.75, 3.05) is 25.3 Å². The first-order valence-corrected chi connectivity index (χ1v) is 8.03. The van der Waals surface area contributed by atoms with Crippen LogP contribution in [0.15, 0.2) is 35.2 Å². The zero-order valence-corrected chi connectivity index (χ0v) is 14.3. The molecule has 0 radical (unpaired) electrons. The van der Waals surface area contributed by atoms with Gasteiger partial charge in [0.25, 0.3) is 0 Å². The summed E-state index contributed by atoms with van der Waals surface area (Å²) in [6.45, 7) is 1.83. The Morgan fingerprint density at radius 3 is 2.38 bits per heavy atom. The zero-order valence-electron chi connectivity index (χ0n) is 13.5. The van der Waals surface area contributed by atoms with Crippen LogP contribution in [0.1, 0.15) is 5.56 Å². The molecule has 0 aliphatic carbocycles. The van der Waals surface area contributed by atoms with E-state index in [1.807, 2.05) is 6.92 Å². The molecule has 0 unspecified atom stereocenters. The summed E-state index contributed by atoms with van der Waals surface area (Å²) in [6.07, 6.45) is 0. The monoisotopic (exact) mass is 353 g/mol. The van der Waals surface area contributed by atoms with Crippen LogP contribution in [-0.2, 0) is 4.79 Å². The van der Waals surface area contributed by atoms with E-state index >= 15 is 0 Å². The molecular weight excluding hydrogens is 336 g/mol. The van der Waals surface area contributed by atoms with E-state index in [9.17, 15) is 13.6 Å². The fourth-order valence-electron chi connectivity index (χ4n) is 2.02. The molecule has 1 amide bonds. The van der Waals surface area contributed by atoms with Gasteiger partial charge in [-0.25, -0.2) is 8.78 Å². The molecule has 0 aromatic heterocycles. The summed E-state index contributed by atoms with van der Waals surface area (Å²) in [4.78, 5) is 12.6. The quantitative estimate of drug-likeness (QED) is 0.797. The van der Waals surface area contributed by atoms with Crippen molar-refractivity contribution in [2.45, 2.75) is 11.8 Å². The Morgan fingerprint density at radius 1 is 1.08 bits per heavy atom. The fourth-order valence-corrected chi connectivity index (χ4v) is 2.74. The molecule has 2 rings (SSSR count). The lowest BCUT2D eigenvalue weighted by Gasteiger charge is -2.13. The Kier molecular flexibility index (Phi) is 6.03. The molecule has 128 valence electrons. The Labute approximate surface area is 143 Å². The van der Waals surface area contributed by atoms with Crippen molar-refractivity contribution >= 4 is 23.4 Å². The fraction of sp³-hybridized carbons (Fsp3) is 0.235. The van der Waals surface area contributed by atoms with Crippen LogP contribution in [0.25, 0.3) is 0 Å². The summed E-state index contributed by atoms with van der Waals surface area (Å²) in [5, 5.41) is 2.77. The Hall–Kier alpha value is -2.28. The maximum atomic E-state index is 13.1. The van der Waals surface area contributed by atoms with Crippen LogP contribution in [0.5, 0.6) is 11.5 Å². The number of benzene rings is 2. The molecule has 24 heavy (non-hydrogen) atoms. The topological polar surface area (TPSA) is 47.6 Å². The summed E-state index contributed by atoms with van der Waals surface area (Å²) in [7, 11) is 3.05. The van der Waals surface area contributed by atoms with Crippen molar-refractivity contribution in [1.29, 1.82) is 0 Å². The first-order chi connectivity index (χ1) is 11.4. The van der Waals surface area contributed by atoms with Crippen molar-refractivity contribution in [3.05, 3.63) is 47.5 Å². The van der Waals surface area contributed by atoms with Gasteiger partial charge in [-0.15, -0.1) is 11.8 Å². The van der Waals surface area contributed by atoms with Crippen molar-refractivity contribution in [3.63, 3.8) is 0 Å². The number of ether oxygens (including phenoxy) is 2. The second kappa shape index (κ2) is 8.01. The average Bonchev–Trinajstić information content (AvgIpc) is 2.57. The van der Waals surface area contributed by atoms with E-state index in [0.717, 1.165) is 29.5 Å². The third kappa shape index (κ3) is 4.38. The van der Waals surface area contributed by atoms with E-state index in [1.165, 1.54) is 20.3 Å². The Balaban J connectivity index is 2.03. The molecular formula is C17H17F2NO3S. The number of aryl methyl sites for hydroxylation is 1. The lowest BCUT2D eigenvalue weighted by Crippen LogP contribution is -2.15. The third-order valence-electron chi connectivity index (χ3n) is 3.27. The largest absolute Gasteiger partial charge is 0.493 e. The number of nitrogens with one attached hydrogen (secondary N) is 1. The van der Waals surface area contributed by atoms with Crippen LogP contribution in [0.4, 0.5) is 14.5 Å². The number of methoxy groups -OCH3 is 2. The van der Waals surface area contributed by atoms with Crippen LogP contribution in [-0.4, -0.2) is 25.9 Å². The summed E-state index contributed by atoms with van der Waals surface area (Å²) >= 11 is 1.12. The van der Waals surface area contributed by atoms with Crippen LogP contribution in [0, 0.1) is 18.6 Å². The molecule has 0 fully saturated rings. The minimum absolute atomic E-state index is 0.0683. The third-order valence-corrected chi connectivity index (χ3v) is 4.26. The van der Waals surface area contributed by atoms with Crippen LogP contribution in [0.2, 0.25) is 0 Å². The summed E-state index contributed by atoms with van der Waals surface area (Å²) in [6, 6.07) is 6.96. The van der Waals surface area contributed by atoms with Gasteiger partial charge in [-0.2, -0.15) is 0 Å². The van der Waals surface area contributed by atoms with Gasteiger partial charge in [0, 0.05) is 16.6 Å². The molecule has 4 nitrogen and oxygen atoms in total. The predicted octanol–water partition coefficient (Wildman–Crippen LogP) is 4.02. The molecule has 0 atom stereocenters. The van der Waals surface area contributed by atoms with Crippen molar-refractivity contribution < 1.29 is 23.0 Å². The van der Waals surface area contributed by atoms with E-state index < -0.39 is 11.6 Å². The second-order valence-electron chi connectivity index (χ2n) is 4.93. The van der Waals surface area contributed by atoms with Gasteiger partial charge in [-0.05, 0) is 36.8 Å². The summed E-state index contributed by atoms with van der Waals surface area (Å²) in [5.41, 5.74) is 1.42. The van der Waals surface area contributed by atoms with Crippen molar-refractivity contribution in [3.8, 4) is 11.5 Å². The highest BCUT2D eigenvalue weighted by Gasteiger charge is 2.12. The number of halogens is 2. The summed E-state index contributed by atoms with van der Waals surface area (Å²) in [5.74, 6) is -0.962. The van der Waals surface area contributed by atoms with E-state index in [4.69, 9.17) is 9.47 Å². The van der Waals surface area contributed by atoms with Crippen molar-refractivity contribution in [2.24, 2.45) is 0 Å². The molecule has 0 saturated carbocycles. The first kappa shape index (κ1) is 18.1. The zero-order chi connectivity index (χ0) is 17.7. The van der Waals surface area contributed by atoms with E-state index in [2.05, 4.69) is 5.32 Å². The van der Waals surface area contributed by atoms with Gasteiger partial charge in [-0.3, -0.25) is 4.79 Å². The maximum absolute atomic E-state index is 13.1. The standard InChI is InChI=1S/C17H17F2NO3S/c1-10-6-15(22-2)16(23-3)8-14(10)20-17(21)9-24-11-4-5-12(18)13(19)7-11/h4-8H,9H2,1-3H3,(H,20,21). The van der Waals surface area contributed by atoms with Gasteiger partial charge in [0.05, 0.1) is 20.0 Å². The van der Waals surface area contributed by atoms with Gasteiger partial charge in [0.1, 0.15) is 0 Å². The normalized spacial score (nSPS) is 10.4. The highest BCUT2D eigenvalue weighted by molar-refractivity contribution is 8.00. The van der Waals surface area contributed by atoms with Gasteiger partial charge < -0.3 is 14.8 Å². The number of carbonyl (C=O) groups excluding carboxylic acids is 1. The molecule has 0 saturated heterocycles. The molecule has 0 spiro atoms. The number of anilines is 1. The highest BCUT2D eigenvalue weighted by Crippen LogP contribution is 2.33. The number of hydrogen-bond acceptors (Lipinski definition) is 4. The van der Waals surface area contributed by atoms with E-state index in [1.54, 1.807) is 12.1 Å². The molecule has 1 N–H and O–H groups in total. The molecule has 2 aromatic rings. The Morgan fingerprint density at radius 2 is 1.75 bits per heavy atom. The van der Waals surface area contributed by atoms with Crippen LogP contribution in [0.3, 0.4) is 0 Å². The summed E-state index contributed by atoms with van der Waals surface area (Å²) < 4.78 is 36.4. The lowest BCUT2D eigenvalue weighted by atomic mass is 10.1. The van der Waals surface area contributed by atoms with E-state index in [-0.39, 0.29) is 11.7 Å². The highest BCUT2D eigenvalue weighted by atomic mass is 32.2. The second-order valence-corrected chi connectivity index (χ2v) is 5.98. The van der Waals surface area contributed by atoms with Gasteiger partial charge in [0.15, 0.2) is 23.1 Å². The van der Waals surface area contributed by atoms with Gasteiger partial charge in [-0.1, -0.05) is 0 Å². The average molecular weight is 353 g/mol. The first-order valence-electron chi connectivity index (χ1n) is 7.05. The number of hydrogen-bond donors (Lipinski definition) is 1. The number of rotatable bonds is 6. The van der Waals surface area contributed by atoms with Gasteiger partial charge in [0.2, 0.25) is 5.91 Å². The molecule has 0 heterocycles. The smallest absolute Gasteiger partial charge is 0.234 e. The number of thioether (sulfide) groups is 1. The van der Waals surface area contributed by atoms with E-state index in [0.29, 0.717) is 22.1 Å².